The van der Waals surface area contributed by atoms with Gasteiger partial charge < -0.3 is 20.1 Å². The largest absolute Gasteiger partial charge is 0.493 e. The Kier molecular flexibility index (Phi) is 8.65. The smallest absolute Gasteiger partial charge is 0.237 e. The van der Waals surface area contributed by atoms with Gasteiger partial charge in [0.2, 0.25) is 5.91 Å². The summed E-state index contributed by atoms with van der Waals surface area (Å²) in [7, 11) is 3.24. The zero-order valence-electron chi connectivity index (χ0n) is 14.4. The molecule has 0 aliphatic carbocycles. The molecule has 24 heavy (non-hydrogen) atoms. The number of allylic oxidation sites excluding steroid dienone is 1. The van der Waals surface area contributed by atoms with Crippen LogP contribution in [0.1, 0.15) is 30.4 Å². The molecule has 134 valence electrons. The molecule has 0 bridgehead atoms. The van der Waals surface area contributed by atoms with Crippen LogP contribution < -0.4 is 20.1 Å². The predicted molar refractivity (Wildman–Crippen MR) is 98.2 cm³/mol. The number of ether oxygens (including phenoxy) is 2. The van der Waals surface area contributed by atoms with Gasteiger partial charge in [-0.15, -0.1) is 19.0 Å². The molecule has 0 radical (unpaired) electrons. The quantitative estimate of drug-likeness (QED) is 0.739. The highest BCUT2D eigenvalue weighted by molar-refractivity contribution is 5.85. The van der Waals surface area contributed by atoms with Gasteiger partial charge in [0, 0.05) is 12.1 Å². The van der Waals surface area contributed by atoms with Crippen molar-refractivity contribution >= 4 is 18.3 Å². The zero-order chi connectivity index (χ0) is 16.7. The monoisotopic (exact) mass is 354 g/mol. The average Bonchev–Trinajstić information content (AvgIpc) is 2.60. The van der Waals surface area contributed by atoms with Crippen molar-refractivity contribution < 1.29 is 14.3 Å². The molecule has 1 aliphatic rings. The van der Waals surface area contributed by atoms with Crippen LogP contribution in [-0.4, -0.2) is 32.7 Å². The van der Waals surface area contributed by atoms with E-state index in [1.54, 1.807) is 14.2 Å². The van der Waals surface area contributed by atoms with E-state index in [9.17, 15) is 4.79 Å². The third-order valence-corrected chi connectivity index (χ3v) is 4.07. The number of nitrogens with one attached hydrogen (secondary N) is 2. The van der Waals surface area contributed by atoms with E-state index >= 15 is 0 Å². The Labute approximate surface area is 150 Å². The van der Waals surface area contributed by atoms with E-state index < -0.39 is 0 Å². The molecular formula is C18H27ClN2O3. The summed E-state index contributed by atoms with van der Waals surface area (Å²) in [6, 6.07) is 3.86. The number of halogens is 1. The van der Waals surface area contributed by atoms with Crippen LogP contribution in [0.2, 0.25) is 0 Å². The van der Waals surface area contributed by atoms with Gasteiger partial charge in [0.1, 0.15) is 0 Å². The van der Waals surface area contributed by atoms with Gasteiger partial charge in [-0.3, -0.25) is 4.79 Å². The Hall–Kier alpha value is -1.72. The zero-order valence-corrected chi connectivity index (χ0v) is 15.2. The van der Waals surface area contributed by atoms with Crippen molar-refractivity contribution in [2.45, 2.75) is 38.3 Å². The van der Waals surface area contributed by atoms with Crippen LogP contribution in [0.5, 0.6) is 11.5 Å². The van der Waals surface area contributed by atoms with Crippen molar-refractivity contribution in [3.8, 4) is 11.5 Å². The van der Waals surface area contributed by atoms with Crippen molar-refractivity contribution in [3.63, 3.8) is 0 Å². The first-order valence-corrected chi connectivity index (χ1v) is 8.05. The van der Waals surface area contributed by atoms with Gasteiger partial charge in [0.05, 0.1) is 20.3 Å². The maximum atomic E-state index is 12.2. The molecule has 1 atom stereocenters. The second-order valence-corrected chi connectivity index (χ2v) is 5.70. The first-order chi connectivity index (χ1) is 11.2. The molecule has 0 spiro atoms. The van der Waals surface area contributed by atoms with Crippen molar-refractivity contribution in [2.75, 3.05) is 20.8 Å². The lowest BCUT2D eigenvalue weighted by molar-refractivity contribution is -0.123. The summed E-state index contributed by atoms with van der Waals surface area (Å²) in [6.07, 6.45) is 5.66. The molecule has 2 rings (SSSR count). The van der Waals surface area contributed by atoms with Gasteiger partial charge >= 0.3 is 0 Å². The first kappa shape index (κ1) is 20.3. The van der Waals surface area contributed by atoms with Crippen LogP contribution in [0.15, 0.2) is 24.8 Å². The van der Waals surface area contributed by atoms with Gasteiger partial charge in [0.25, 0.3) is 0 Å². The highest BCUT2D eigenvalue weighted by atomic mass is 35.5. The number of carbonyl (C=O) groups excluding carboxylic acids is 1. The summed E-state index contributed by atoms with van der Waals surface area (Å²) in [5, 5.41) is 6.26. The lowest BCUT2D eigenvalue weighted by Gasteiger charge is -2.22. The van der Waals surface area contributed by atoms with Gasteiger partial charge in [0.15, 0.2) is 11.5 Å². The number of methoxy groups -OCH3 is 2. The van der Waals surface area contributed by atoms with Crippen molar-refractivity contribution in [1.29, 1.82) is 0 Å². The molecule has 5 nitrogen and oxygen atoms in total. The lowest BCUT2D eigenvalue weighted by Crippen LogP contribution is -2.46. The minimum absolute atomic E-state index is 0. The van der Waals surface area contributed by atoms with Gasteiger partial charge in [-0.1, -0.05) is 12.5 Å². The highest BCUT2D eigenvalue weighted by Crippen LogP contribution is 2.33. The summed E-state index contributed by atoms with van der Waals surface area (Å²) in [5.74, 6) is 1.45. The van der Waals surface area contributed by atoms with Gasteiger partial charge in [-0.25, -0.2) is 0 Å². The van der Waals surface area contributed by atoms with Gasteiger partial charge in [-0.2, -0.15) is 0 Å². The molecular weight excluding hydrogens is 328 g/mol. The number of amides is 1. The van der Waals surface area contributed by atoms with Crippen molar-refractivity contribution in [2.24, 2.45) is 0 Å². The van der Waals surface area contributed by atoms with E-state index in [0.717, 1.165) is 42.7 Å². The Balaban J connectivity index is 0.00000288. The van der Waals surface area contributed by atoms with Gasteiger partial charge in [-0.05, 0) is 43.5 Å². The molecule has 1 amide bonds. The standard InChI is InChI=1S/C18H26N2O3.ClH/c1-4-7-14-10-13(11-16(22-2)17(14)23-3)12-20-18(21)15-8-5-6-9-19-15;/h4,10-11,15,19H,1,5-9,12H2,2-3H3,(H,20,21);1H. The Morgan fingerprint density at radius 1 is 1.38 bits per heavy atom. The first-order valence-electron chi connectivity index (χ1n) is 8.05. The van der Waals surface area contributed by atoms with Crippen LogP contribution >= 0.6 is 12.4 Å². The molecule has 1 aromatic rings. The third kappa shape index (κ3) is 5.14. The SMILES string of the molecule is C=CCc1cc(CNC(=O)C2CCCCN2)cc(OC)c1OC.Cl. The van der Waals surface area contributed by atoms with E-state index in [1.807, 2.05) is 18.2 Å². The summed E-state index contributed by atoms with van der Waals surface area (Å²) in [5.41, 5.74) is 1.99. The molecule has 1 aromatic carbocycles. The second kappa shape index (κ2) is 10.2. The van der Waals surface area contributed by atoms with E-state index in [4.69, 9.17) is 9.47 Å². The molecule has 1 aliphatic heterocycles. The maximum Gasteiger partial charge on any atom is 0.237 e. The fourth-order valence-electron chi connectivity index (χ4n) is 2.90. The molecule has 1 heterocycles. The minimum Gasteiger partial charge on any atom is -0.493 e. The van der Waals surface area contributed by atoms with Crippen LogP contribution in [-0.2, 0) is 17.8 Å². The normalized spacial score (nSPS) is 16.7. The predicted octanol–water partition coefficient (Wildman–Crippen LogP) is 2.61. The summed E-state index contributed by atoms with van der Waals surface area (Å²) in [4.78, 5) is 12.2. The van der Waals surface area contributed by atoms with Crippen LogP contribution in [0.4, 0.5) is 0 Å². The number of rotatable bonds is 7. The number of carbonyl (C=O) groups is 1. The molecule has 1 fully saturated rings. The number of hydrogen-bond acceptors (Lipinski definition) is 4. The molecule has 1 unspecified atom stereocenters. The molecule has 0 saturated carbocycles. The van der Waals surface area contributed by atoms with E-state index in [2.05, 4.69) is 17.2 Å². The Morgan fingerprint density at radius 2 is 2.17 bits per heavy atom. The van der Waals surface area contributed by atoms with E-state index in [0.29, 0.717) is 18.7 Å². The molecule has 6 heteroatoms. The summed E-state index contributed by atoms with van der Waals surface area (Å²) >= 11 is 0. The highest BCUT2D eigenvalue weighted by Gasteiger charge is 2.20. The van der Waals surface area contributed by atoms with Crippen molar-refractivity contribution in [3.05, 3.63) is 35.9 Å². The van der Waals surface area contributed by atoms with E-state index in [1.165, 1.54) is 0 Å². The number of benzene rings is 1. The summed E-state index contributed by atoms with van der Waals surface area (Å²) < 4.78 is 10.8. The lowest BCUT2D eigenvalue weighted by atomic mass is 10.0. The fraction of sp³-hybridized carbons (Fsp3) is 0.500. The topological polar surface area (TPSA) is 59.6 Å². The molecule has 0 aromatic heterocycles. The summed E-state index contributed by atoms with van der Waals surface area (Å²) in [6.45, 7) is 5.17. The molecule has 1 saturated heterocycles. The van der Waals surface area contributed by atoms with Crippen LogP contribution in [0.3, 0.4) is 0 Å². The minimum atomic E-state index is -0.0726. The average molecular weight is 355 g/mol. The Bertz CT molecular complexity index is 557. The van der Waals surface area contributed by atoms with Crippen LogP contribution in [0, 0.1) is 0 Å². The maximum absolute atomic E-state index is 12.2. The third-order valence-electron chi connectivity index (χ3n) is 4.07. The van der Waals surface area contributed by atoms with Crippen LogP contribution in [0.25, 0.3) is 0 Å². The fourth-order valence-corrected chi connectivity index (χ4v) is 2.90. The number of hydrogen-bond donors (Lipinski definition) is 2. The van der Waals surface area contributed by atoms with E-state index in [-0.39, 0.29) is 24.4 Å². The second-order valence-electron chi connectivity index (χ2n) is 5.70. The van der Waals surface area contributed by atoms with Crippen molar-refractivity contribution in [1.82, 2.24) is 10.6 Å². The Morgan fingerprint density at radius 3 is 2.75 bits per heavy atom. The molecule has 2 N–H and O–H groups in total. The number of piperidine rings is 1.